The molecule has 0 aliphatic carbocycles. The van der Waals surface area contributed by atoms with E-state index in [4.69, 9.17) is 9.40 Å². The monoisotopic (exact) mass is 866 g/mol. The van der Waals surface area contributed by atoms with E-state index >= 15 is 0 Å². The quantitative estimate of drug-likeness (QED) is 0.0813. The summed E-state index contributed by atoms with van der Waals surface area (Å²) in [4.78, 5) is 21.6. The number of rotatable bonds is 11. The molecule has 5 rings (SSSR count). The third-order valence-electron chi connectivity index (χ3n) is 10.7. The van der Waals surface area contributed by atoms with Crippen molar-refractivity contribution in [1.82, 2.24) is 9.97 Å². The van der Waals surface area contributed by atoms with Gasteiger partial charge in [0.2, 0.25) is 0 Å². The van der Waals surface area contributed by atoms with Gasteiger partial charge in [0.1, 0.15) is 11.3 Å². The first-order valence-corrected chi connectivity index (χ1v) is 18.3. The van der Waals surface area contributed by atoms with E-state index in [-0.39, 0.29) is 47.9 Å². The fourth-order valence-electron chi connectivity index (χ4n) is 6.14. The predicted octanol–water partition coefficient (Wildman–Crippen LogP) is 12.7. The largest absolute Gasteiger partial charge is 0.512 e. The molecule has 3 heterocycles. The Balaban J connectivity index is 0.000000335. The van der Waals surface area contributed by atoms with Crippen molar-refractivity contribution in [2.45, 2.75) is 114 Å². The van der Waals surface area contributed by atoms with Crippen LogP contribution in [0.1, 0.15) is 113 Å². The van der Waals surface area contributed by atoms with Crippen LogP contribution in [0.15, 0.2) is 83.4 Å². The molecule has 0 fully saturated rings. The first kappa shape index (κ1) is 41.8. The second kappa shape index (κ2) is 17.3. The minimum Gasteiger partial charge on any atom is -0.512 e. The molecule has 5 nitrogen and oxygen atoms in total. The van der Waals surface area contributed by atoms with E-state index in [0.717, 1.165) is 71.0 Å². The summed E-state index contributed by atoms with van der Waals surface area (Å²) in [5, 5.41) is 13.6. The average molecular weight is 866 g/mol. The molecule has 0 aliphatic heterocycles. The van der Waals surface area contributed by atoms with Gasteiger partial charge in [-0.05, 0) is 55.1 Å². The van der Waals surface area contributed by atoms with Crippen molar-refractivity contribution in [3.63, 3.8) is 0 Å². The fraction of sp³-hybridized carbons (Fsp3) is 0.444. The van der Waals surface area contributed by atoms with Gasteiger partial charge in [-0.3, -0.25) is 14.8 Å². The van der Waals surface area contributed by atoms with Crippen LogP contribution >= 0.6 is 0 Å². The zero-order valence-corrected chi connectivity index (χ0v) is 34.9. The molecule has 0 aliphatic rings. The standard InChI is InChI=1S/C30H29N2O.C15H28O2.Ir/c1-19(2)12-23-18-33-29-16-28(32-17-25(23)29)21-10-11-31-27(15-21)22-13-20-8-6-7-9-24(20)26(14-22)30(3,4)5;1-7-14(5,8-2)12(16)11-13(17)15(6,9-3)10-4;/h6-11,14-19H,12H2,1-5H3;11,16H,7-10H2,1-6H3;/q-1;;/b;12-11-;. The molecule has 0 saturated carbocycles. The number of carbonyl (C=O) groups excluding carboxylic acids is 1. The van der Waals surface area contributed by atoms with Crippen LogP contribution in [0.3, 0.4) is 0 Å². The van der Waals surface area contributed by atoms with E-state index in [1.807, 2.05) is 72.3 Å². The zero-order chi connectivity index (χ0) is 36.9. The Bertz CT molecular complexity index is 1960. The van der Waals surface area contributed by atoms with E-state index in [1.165, 1.54) is 22.6 Å². The number of nitrogens with zero attached hydrogens (tertiary/aromatic N) is 2. The van der Waals surface area contributed by atoms with Gasteiger partial charge in [0.25, 0.3) is 0 Å². The Hall–Kier alpha value is -3.60. The molecule has 0 atom stereocenters. The van der Waals surface area contributed by atoms with E-state index in [2.05, 4.69) is 82.1 Å². The summed E-state index contributed by atoms with van der Waals surface area (Å²) in [5.41, 5.74) is 6.60. The number of hydrogen-bond acceptors (Lipinski definition) is 5. The maximum Gasteiger partial charge on any atom is 0.164 e. The van der Waals surface area contributed by atoms with Crippen LogP contribution in [0.4, 0.5) is 0 Å². The minimum atomic E-state index is -0.337. The molecule has 2 aromatic carbocycles. The second-order valence-electron chi connectivity index (χ2n) is 15.7. The van der Waals surface area contributed by atoms with Crippen molar-refractivity contribution >= 4 is 27.5 Å². The van der Waals surface area contributed by atoms with E-state index in [1.54, 1.807) is 0 Å². The summed E-state index contributed by atoms with van der Waals surface area (Å²) in [7, 11) is 0. The molecule has 0 saturated heterocycles. The average Bonchev–Trinajstić information content (AvgIpc) is 3.51. The number of aliphatic hydroxyl groups is 1. The maximum absolute atomic E-state index is 12.2. The molecule has 0 unspecified atom stereocenters. The molecule has 275 valence electrons. The molecular formula is C45H57IrN2O3-. The summed E-state index contributed by atoms with van der Waals surface area (Å²) < 4.78 is 5.87. The number of pyridine rings is 2. The maximum atomic E-state index is 12.2. The van der Waals surface area contributed by atoms with Gasteiger partial charge in [-0.1, -0.05) is 111 Å². The van der Waals surface area contributed by atoms with Gasteiger partial charge in [0.15, 0.2) is 5.78 Å². The summed E-state index contributed by atoms with van der Waals surface area (Å²) in [6, 6.07) is 20.4. The number of carbonyl (C=O) groups is 1. The summed E-state index contributed by atoms with van der Waals surface area (Å²) in [5.74, 6) is 0.859. The Morgan fingerprint density at radius 1 is 0.863 bits per heavy atom. The molecule has 0 amide bonds. The van der Waals surface area contributed by atoms with Crippen molar-refractivity contribution in [1.29, 1.82) is 0 Å². The van der Waals surface area contributed by atoms with Crippen molar-refractivity contribution in [2.24, 2.45) is 16.7 Å². The van der Waals surface area contributed by atoms with Gasteiger partial charge < -0.3 is 9.52 Å². The summed E-state index contributed by atoms with van der Waals surface area (Å²) in [6.45, 7) is 23.3. The van der Waals surface area contributed by atoms with Gasteiger partial charge in [-0.2, -0.15) is 0 Å². The van der Waals surface area contributed by atoms with Crippen LogP contribution in [0, 0.1) is 22.8 Å². The fourth-order valence-corrected chi connectivity index (χ4v) is 6.14. The third kappa shape index (κ3) is 9.64. The molecule has 1 N–H and O–H groups in total. The Labute approximate surface area is 319 Å². The molecule has 1 radical (unpaired) electrons. The number of fused-ring (bicyclic) bond motifs is 2. The van der Waals surface area contributed by atoms with Gasteiger partial charge in [-0.15, -0.1) is 29.1 Å². The number of benzene rings is 2. The predicted molar refractivity (Wildman–Crippen MR) is 209 cm³/mol. The Morgan fingerprint density at radius 2 is 1.51 bits per heavy atom. The molecule has 3 aromatic heterocycles. The van der Waals surface area contributed by atoms with E-state index in [9.17, 15) is 9.90 Å². The summed E-state index contributed by atoms with van der Waals surface area (Å²) in [6.07, 6.45) is 11.4. The van der Waals surface area contributed by atoms with Gasteiger partial charge in [0, 0.05) is 72.1 Å². The van der Waals surface area contributed by atoms with Gasteiger partial charge in [-0.25, -0.2) is 0 Å². The molecule has 51 heavy (non-hydrogen) atoms. The molecule has 0 spiro atoms. The van der Waals surface area contributed by atoms with Gasteiger partial charge >= 0.3 is 0 Å². The number of allylic oxidation sites excluding steroid dienone is 2. The molecule has 6 heteroatoms. The van der Waals surface area contributed by atoms with Crippen molar-refractivity contribution in [3.8, 4) is 22.5 Å². The first-order valence-electron chi connectivity index (χ1n) is 18.3. The van der Waals surface area contributed by atoms with Gasteiger partial charge in [0.05, 0.1) is 12.0 Å². The Kier molecular flexibility index (Phi) is 14.2. The molecular weight excluding hydrogens is 809 g/mol. The molecule has 0 bridgehead atoms. The first-order chi connectivity index (χ1) is 23.6. The van der Waals surface area contributed by atoms with E-state index in [0.29, 0.717) is 5.92 Å². The van der Waals surface area contributed by atoms with Crippen molar-refractivity contribution in [3.05, 3.63) is 96.2 Å². The van der Waals surface area contributed by atoms with E-state index < -0.39 is 0 Å². The topological polar surface area (TPSA) is 76.2 Å². The number of furan rings is 1. The summed E-state index contributed by atoms with van der Waals surface area (Å²) >= 11 is 0. The van der Waals surface area contributed by atoms with Crippen LogP contribution in [0.5, 0.6) is 0 Å². The number of ketones is 1. The Morgan fingerprint density at radius 3 is 2.12 bits per heavy atom. The molecule has 5 aromatic rings. The van der Waals surface area contributed by atoms with Crippen LogP contribution in [-0.4, -0.2) is 20.9 Å². The number of hydrogen-bond donors (Lipinski definition) is 1. The zero-order valence-electron chi connectivity index (χ0n) is 32.5. The van der Waals surface area contributed by atoms with Crippen LogP contribution in [0.25, 0.3) is 44.3 Å². The number of aromatic nitrogens is 2. The SMILES string of the molecule is CC(C)Cc1coc2cc(-c3ccnc(-c4[c-]c5ccccc5c(C(C)(C)C)c4)c3)ncc12.CCC(C)(CC)C(=O)/C=C(\O)C(C)(CC)CC.[Ir]. The van der Waals surface area contributed by atoms with Crippen molar-refractivity contribution < 1.29 is 34.4 Å². The normalized spacial score (nSPS) is 12.5. The minimum absolute atomic E-state index is 0. The number of aliphatic hydroxyl groups excluding tert-OH is 1. The van der Waals surface area contributed by atoms with Crippen LogP contribution < -0.4 is 0 Å². The van der Waals surface area contributed by atoms with Crippen LogP contribution in [-0.2, 0) is 36.7 Å². The van der Waals surface area contributed by atoms with Crippen molar-refractivity contribution in [2.75, 3.05) is 0 Å². The van der Waals surface area contributed by atoms with Crippen LogP contribution in [0.2, 0.25) is 0 Å². The smallest absolute Gasteiger partial charge is 0.164 e. The second-order valence-corrected chi connectivity index (χ2v) is 15.7. The third-order valence-corrected chi connectivity index (χ3v) is 10.7.